The SMILES string of the molecule is COC(=O)N1CCc2nc(NC(=O)CCCS(=O)(=O)c3ccc(C)cc3)sc2C1. The molecule has 1 aromatic carbocycles. The van der Waals surface area contributed by atoms with E-state index in [2.05, 4.69) is 10.3 Å². The van der Waals surface area contributed by atoms with Crippen molar-refractivity contribution in [3.63, 3.8) is 0 Å². The molecule has 1 N–H and O–H groups in total. The smallest absolute Gasteiger partial charge is 0.409 e. The number of ether oxygens (including phenoxy) is 1. The number of benzene rings is 1. The lowest BCUT2D eigenvalue weighted by atomic mass is 10.2. The summed E-state index contributed by atoms with van der Waals surface area (Å²) in [4.78, 5) is 31.0. The lowest BCUT2D eigenvalue weighted by Gasteiger charge is -2.24. The van der Waals surface area contributed by atoms with Crippen molar-refractivity contribution in [2.45, 2.75) is 37.6 Å². The summed E-state index contributed by atoms with van der Waals surface area (Å²) >= 11 is 1.32. The molecule has 0 aliphatic carbocycles. The second kappa shape index (κ2) is 8.91. The number of rotatable bonds is 6. The van der Waals surface area contributed by atoms with Gasteiger partial charge < -0.3 is 15.0 Å². The Labute approximate surface area is 173 Å². The molecule has 3 rings (SSSR count). The second-order valence-electron chi connectivity index (χ2n) is 6.81. The number of aromatic nitrogens is 1. The van der Waals surface area contributed by atoms with Crippen molar-refractivity contribution < 1.29 is 22.7 Å². The third-order valence-electron chi connectivity index (χ3n) is 4.61. The topological polar surface area (TPSA) is 106 Å². The summed E-state index contributed by atoms with van der Waals surface area (Å²) in [6.07, 6.45) is 0.530. The van der Waals surface area contributed by atoms with Crippen molar-refractivity contribution in [3.05, 3.63) is 40.4 Å². The van der Waals surface area contributed by atoms with E-state index in [0.29, 0.717) is 24.6 Å². The molecular weight excluding hydrogens is 414 g/mol. The fraction of sp³-hybridized carbons (Fsp3) is 0.421. The maximum Gasteiger partial charge on any atom is 0.409 e. The minimum absolute atomic E-state index is 0.0869. The second-order valence-corrected chi connectivity index (χ2v) is 10.0. The zero-order valence-electron chi connectivity index (χ0n) is 16.3. The molecule has 0 unspecified atom stereocenters. The van der Waals surface area contributed by atoms with E-state index in [-0.39, 0.29) is 35.5 Å². The largest absolute Gasteiger partial charge is 0.453 e. The summed E-state index contributed by atoms with van der Waals surface area (Å²) in [5.74, 6) is -0.369. The van der Waals surface area contributed by atoms with Crippen LogP contribution in [-0.4, -0.2) is 49.7 Å². The minimum atomic E-state index is -3.41. The predicted molar refractivity (Wildman–Crippen MR) is 110 cm³/mol. The van der Waals surface area contributed by atoms with Gasteiger partial charge in [0.05, 0.1) is 30.0 Å². The van der Waals surface area contributed by atoms with Gasteiger partial charge in [-0.05, 0) is 25.5 Å². The number of thiazole rings is 1. The molecular formula is C19H23N3O5S2. The van der Waals surface area contributed by atoms with E-state index in [9.17, 15) is 18.0 Å². The molecule has 8 nitrogen and oxygen atoms in total. The molecule has 156 valence electrons. The lowest BCUT2D eigenvalue weighted by Crippen LogP contribution is -2.35. The third kappa shape index (κ3) is 5.33. The fourth-order valence-corrected chi connectivity index (χ4v) is 5.35. The van der Waals surface area contributed by atoms with Crippen LogP contribution in [0.15, 0.2) is 29.2 Å². The summed E-state index contributed by atoms with van der Waals surface area (Å²) in [6, 6.07) is 6.68. The molecule has 1 aliphatic heterocycles. The van der Waals surface area contributed by atoms with Gasteiger partial charge in [0.2, 0.25) is 5.91 Å². The van der Waals surface area contributed by atoms with E-state index in [4.69, 9.17) is 4.74 Å². The molecule has 1 aromatic heterocycles. The van der Waals surface area contributed by atoms with E-state index >= 15 is 0 Å². The van der Waals surface area contributed by atoms with E-state index in [1.54, 1.807) is 29.2 Å². The van der Waals surface area contributed by atoms with Crippen LogP contribution in [-0.2, 0) is 32.3 Å². The first kappa shape index (κ1) is 21.3. The van der Waals surface area contributed by atoms with Crippen LogP contribution in [0.4, 0.5) is 9.93 Å². The number of sulfone groups is 1. The van der Waals surface area contributed by atoms with Gasteiger partial charge in [-0.2, -0.15) is 0 Å². The van der Waals surface area contributed by atoms with Crippen molar-refractivity contribution in [1.82, 2.24) is 9.88 Å². The normalized spacial score (nSPS) is 13.7. The number of hydrogen-bond acceptors (Lipinski definition) is 7. The summed E-state index contributed by atoms with van der Waals surface area (Å²) in [6.45, 7) is 2.82. The van der Waals surface area contributed by atoms with Crippen molar-refractivity contribution in [2.24, 2.45) is 0 Å². The van der Waals surface area contributed by atoms with Crippen molar-refractivity contribution in [2.75, 3.05) is 24.7 Å². The van der Waals surface area contributed by atoms with Crippen LogP contribution >= 0.6 is 11.3 Å². The number of carbonyl (C=O) groups is 2. The molecule has 0 saturated heterocycles. The Hall–Kier alpha value is -2.46. The number of anilines is 1. The van der Waals surface area contributed by atoms with Gasteiger partial charge in [-0.3, -0.25) is 4.79 Å². The number of carbonyl (C=O) groups excluding carboxylic acids is 2. The highest BCUT2D eigenvalue weighted by atomic mass is 32.2. The highest BCUT2D eigenvalue weighted by Crippen LogP contribution is 2.28. The minimum Gasteiger partial charge on any atom is -0.453 e. The molecule has 0 bridgehead atoms. The van der Waals surface area contributed by atoms with Gasteiger partial charge >= 0.3 is 6.09 Å². The Kier molecular flexibility index (Phi) is 6.53. The van der Waals surface area contributed by atoms with Crippen LogP contribution in [0.1, 0.15) is 29.0 Å². The molecule has 0 fully saturated rings. The van der Waals surface area contributed by atoms with Gasteiger partial charge in [-0.1, -0.05) is 29.0 Å². The standard InChI is InChI=1S/C19H23N3O5S2/c1-13-5-7-14(8-6-13)29(25,26)11-3-4-17(23)21-18-20-15-9-10-22(19(24)27-2)12-16(15)28-18/h5-8H,3-4,9-12H2,1-2H3,(H,20,21,23). The molecule has 0 atom stereocenters. The van der Waals surface area contributed by atoms with Gasteiger partial charge in [-0.25, -0.2) is 18.2 Å². The van der Waals surface area contributed by atoms with E-state index in [1.807, 2.05) is 6.92 Å². The van der Waals surface area contributed by atoms with Gasteiger partial charge in [0, 0.05) is 24.3 Å². The molecule has 0 saturated carbocycles. The number of nitrogens with zero attached hydrogens (tertiary/aromatic N) is 2. The number of methoxy groups -OCH3 is 1. The molecule has 29 heavy (non-hydrogen) atoms. The van der Waals surface area contributed by atoms with Crippen LogP contribution in [0.2, 0.25) is 0 Å². The zero-order valence-corrected chi connectivity index (χ0v) is 17.9. The number of fused-ring (bicyclic) bond motifs is 1. The Balaban J connectivity index is 1.51. The number of aryl methyl sites for hydroxylation is 1. The molecule has 0 radical (unpaired) electrons. The van der Waals surface area contributed by atoms with Gasteiger partial charge in [0.25, 0.3) is 0 Å². The average molecular weight is 438 g/mol. The Bertz CT molecular complexity index is 999. The maximum atomic E-state index is 12.3. The number of hydrogen-bond donors (Lipinski definition) is 1. The molecule has 2 aromatic rings. The first-order valence-corrected chi connectivity index (χ1v) is 11.7. The predicted octanol–water partition coefficient (Wildman–Crippen LogP) is 2.77. The average Bonchev–Trinajstić information content (AvgIpc) is 3.08. The zero-order chi connectivity index (χ0) is 21.0. The molecule has 1 aliphatic rings. The van der Waals surface area contributed by atoms with E-state index in [1.165, 1.54) is 18.4 Å². The summed E-state index contributed by atoms with van der Waals surface area (Å²) in [7, 11) is -2.06. The van der Waals surface area contributed by atoms with Crippen LogP contribution in [0.3, 0.4) is 0 Å². The quantitative estimate of drug-likeness (QED) is 0.745. The Morgan fingerprint density at radius 1 is 1.28 bits per heavy atom. The lowest BCUT2D eigenvalue weighted by molar-refractivity contribution is -0.116. The Morgan fingerprint density at radius 3 is 2.69 bits per heavy atom. The molecule has 2 amide bonds. The summed E-state index contributed by atoms with van der Waals surface area (Å²) in [5.41, 5.74) is 1.86. The van der Waals surface area contributed by atoms with Crippen LogP contribution in [0, 0.1) is 6.92 Å². The molecule has 2 heterocycles. The van der Waals surface area contributed by atoms with Gasteiger partial charge in [0.1, 0.15) is 0 Å². The molecule has 0 spiro atoms. The first-order chi connectivity index (χ1) is 13.8. The van der Waals surface area contributed by atoms with Crippen LogP contribution in [0.5, 0.6) is 0 Å². The van der Waals surface area contributed by atoms with Crippen LogP contribution < -0.4 is 5.32 Å². The number of amides is 2. The summed E-state index contributed by atoms with van der Waals surface area (Å²) < 4.78 is 29.4. The van der Waals surface area contributed by atoms with Crippen molar-refractivity contribution >= 4 is 38.3 Å². The monoisotopic (exact) mass is 437 g/mol. The number of nitrogens with one attached hydrogen (secondary N) is 1. The van der Waals surface area contributed by atoms with E-state index in [0.717, 1.165) is 16.1 Å². The highest BCUT2D eigenvalue weighted by Gasteiger charge is 2.25. The maximum absolute atomic E-state index is 12.3. The van der Waals surface area contributed by atoms with Gasteiger partial charge in [0.15, 0.2) is 15.0 Å². The first-order valence-electron chi connectivity index (χ1n) is 9.19. The molecule has 10 heteroatoms. The third-order valence-corrected chi connectivity index (χ3v) is 7.42. The van der Waals surface area contributed by atoms with Crippen molar-refractivity contribution in [1.29, 1.82) is 0 Å². The Morgan fingerprint density at radius 2 is 2.00 bits per heavy atom. The van der Waals surface area contributed by atoms with E-state index < -0.39 is 9.84 Å². The summed E-state index contributed by atoms with van der Waals surface area (Å²) in [5, 5.41) is 3.20. The van der Waals surface area contributed by atoms with Crippen molar-refractivity contribution in [3.8, 4) is 0 Å². The highest BCUT2D eigenvalue weighted by molar-refractivity contribution is 7.91. The van der Waals surface area contributed by atoms with Crippen LogP contribution in [0.25, 0.3) is 0 Å². The fourth-order valence-electron chi connectivity index (χ4n) is 3.00. The van der Waals surface area contributed by atoms with Gasteiger partial charge in [-0.15, -0.1) is 0 Å².